The van der Waals surface area contributed by atoms with Gasteiger partial charge in [-0.1, -0.05) is 0 Å². The van der Waals surface area contributed by atoms with Gasteiger partial charge in [-0.25, -0.2) is 0 Å². The van der Waals surface area contributed by atoms with Gasteiger partial charge in [0.2, 0.25) is 0 Å². The number of nitrogens with zero attached hydrogens (tertiary/aromatic N) is 1. The molecule has 0 aromatic heterocycles. The Morgan fingerprint density at radius 2 is 1.96 bits per heavy atom. The van der Waals surface area contributed by atoms with E-state index in [4.69, 9.17) is 9.47 Å². The normalized spacial score (nSPS) is 19.9. The van der Waals surface area contributed by atoms with Gasteiger partial charge in [0.15, 0.2) is 5.96 Å². The van der Waals surface area contributed by atoms with Crippen molar-refractivity contribution in [1.82, 2.24) is 16.0 Å². The molecule has 0 bridgehead atoms. The molecule has 0 aliphatic carbocycles. The second-order valence-electron chi connectivity index (χ2n) is 6.51. The molecule has 7 heteroatoms. The third-order valence-corrected chi connectivity index (χ3v) is 4.27. The number of benzene rings is 1. The van der Waals surface area contributed by atoms with E-state index in [1.165, 1.54) is 0 Å². The van der Waals surface area contributed by atoms with Crippen LogP contribution in [0, 0.1) is 0 Å². The fourth-order valence-electron chi connectivity index (χ4n) is 2.75. The quantitative estimate of drug-likeness (QED) is 0.371. The van der Waals surface area contributed by atoms with Crippen LogP contribution in [0.1, 0.15) is 37.0 Å². The number of carbonyl (C=O) groups is 1. The van der Waals surface area contributed by atoms with Crippen LogP contribution in [-0.4, -0.2) is 57.4 Å². The highest BCUT2D eigenvalue weighted by Crippen LogP contribution is 2.24. The Morgan fingerprint density at radius 1 is 1.23 bits per heavy atom. The first-order valence-electron chi connectivity index (χ1n) is 9.15. The van der Waals surface area contributed by atoms with Crippen molar-refractivity contribution in [2.45, 2.75) is 32.3 Å². The summed E-state index contributed by atoms with van der Waals surface area (Å²) in [7, 11) is 1.60. The summed E-state index contributed by atoms with van der Waals surface area (Å²) < 4.78 is 10.9. The lowest BCUT2D eigenvalue weighted by atomic mass is 10.0. The lowest BCUT2D eigenvalue weighted by molar-refractivity contribution is 0.0283. The molecule has 26 heavy (non-hydrogen) atoms. The molecule has 2 rings (SSSR count). The van der Waals surface area contributed by atoms with Crippen LogP contribution >= 0.6 is 0 Å². The standard InChI is InChI=1S/C19H30N4O3/c1-4-20-18(23-14-19(2)10-5-13-26-19)22-12-11-21-17(24)15-6-8-16(25-3)9-7-15/h6-9H,4-5,10-14H2,1-3H3,(H,21,24)(H2,20,22,23). The van der Waals surface area contributed by atoms with Crippen LogP contribution in [0.3, 0.4) is 0 Å². The van der Waals surface area contributed by atoms with Crippen molar-refractivity contribution in [3.8, 4) is 5.75 Å². The van der Waals surface area contributed by atoms with Crippen molar-refractivity contribution in [2.75, 3.05) is 39.9 Å². The number of carbonyl (C=O) groups excluding carboxylic acids is 1. The van der Waals surface area contributed by atoms with E-state index in [0.717, 1.165) is 37.7 Å². The lowest BCUT2D eigenvalue weighted by Gasteiger charge is -2.21. The van der Waals surface area contributed by atoms with Gasteiger partial charge < -0.3 is 25.4 Å². The first kappa shape index (κ1) is 20.0. The predicted octanol–water partition coefficient (Wildman–Crippen LogP) is 1.55. The van der Waals surface area contributed by atoms with Crippen molar-refractivity contribution in [1.29, 1.82) is 0 Å². The number of ether oxygens (including phenoxy) is 2. The van der Waals surface area contributed by atoms with E-state index >= 15 is 0 Å². The SMILES string of the molecule is CCNC(=NCC1(C)CCCO1)NCCNC(=O)c1ccc(OC)cc1. The van der Waals surface area contributed by atoms with Crippen LogP contribution < -0.4 is 20.7 Å². The van der Waals surface area contributed by atoms with E-state index in [0.29, 0.717) is 25.2 Å². The van der Waals surface area contributed by atoms with Gasteiger partial charge in [-0.2, -0.15) is 0 Å². The molecule has 1 aliphatic heterocycles. The van der Waals surface area contributed by atoms with Gasteiger partial charge in [0.1, 0.15) is 5.75 Å². The summed E-state index contributed by atoms with van der Waals surface area (Å²) in [5.74, 6) is 1.36. The molecule has 1 amide bonds. The van der Waals surface area contributed by atoms with Crippen LogP contribution in [0.15, 0.2) is 29.3 Å². The van der Waals surface area contributed by atoms with Gasteiger partial charge in [0, 0.05) is 31.8 Å². The molecule has 144 valence electrons. The molecule has 0 spiro atoms. The highest BCUT2D eigenvalue weighted by Gasteiger charge is 2.29. The number of aliphatic imine (C=N–C) groups is 1. The minimum atomic E-state index is -0.162. The molecular formula is C19H30N4O3. The molecule has 1 saturated heterocycles. The highest BCUT2D eigenvalue weighted by atomic mass is 16.5. The molecule has 3 N–H and O–H groups in total. The van der Waals surface area contributed by atoms with Gasteiger partial charge in [-0.15, -0.1) is 0 Å². The number of rotatable bonds is 8. The first-order chi connectivity index (χ1) is 12.6. The summed E-state index contributed by atoms with van der Waals surface area (Å²) in [6, 6.07) is 7.04. The third-order valence-electron chi connectivity index (χ3n) is 4.27. The summed E-state index contributed by atoms with van der Waals surface area (Å²) in [4.78, 5) is 16.7. The molecule has 1 aromatic rings. The fraction of sp³-hybridized carbons (Fsp3) is 0.579. The maximum atomic E-state index is 12.1. The molecule has 7 nitrogen and oxygen atoms in total. The van der Waals surface area contributed by atoms with Crippen molar-refractivity contribution in [3.05, 3.63) is 29.8 Å². The van der Waals surface area contributed by atoms with Gasteiger partial charge in [0.25, 0.3) is 5.91 Å². The number of methoxy groups -OCH3 is 1. The molecule has 0 saturated carbocycles. The van der Waals surface area contributed by atoms with Crippen LogP contribution in [0.25, 0.3) is 0 Å². The minimum Gasteiger partial charge on any atom is -0.497 e. The van der Waals surface area contributed by atoms with E-state index in [1.807, 2.05) is 6.92 Å². The zero-order valence-electron chi connectivity index (χ0n) is 15.9. The van der Waals surface area contributed by atoms with E-state index in [2.05, 4.69) is 27.9 Å². The topological polar surface area (TPSA) is 84.0 Å². The third kappa shape index (κ3) is 6.22. The maximum absolute atomic E-state index is 12.1. The number of nitrogens with one attached hydrogen (secondary N) is 3. The summed E-state index contributed by atoms with van der Waals surface area (Å²) in [6.07, 6.45) is 2.13. The van der Waals surface area contributed by atoms with E-state index in [-0.39, 0.29) is 11.5 Å². The number of guanidine groups is 1. The molecule has 1 aliphatic rings. The second-order valence-corrected chi connectivity index (χ2v) is 6.51. The van der Waals surface area contributed by atoms with Crippen molar-refractivity contribution in [3.63, 3.8) is 0 Å². The Morgan fingerprint density at radius 3 is 2.58 bits per heavy atom. The average Bonchev–Trinajstić information content (AvgIpc) is 3.10. The van der Waals surface area contributed by atoms with E-state index < -0.39 is 0 Å². The summed E-state index contributed by atoms with van der Waals surface area (Å²) in [5.41, 5.74) is 0.447. The van der Waals surface area contributed by atoms with Crippen LogP contribution in [0.5, 0.6) is 5.75 Å². The number of hydrogen-bond donors (Lipinski definition) is 3. The molecule has 1 fully saturated rings. The summed E-state index contributed by atoms with van der Waals surface area (Å²) in [6.45, 7) is 7.43. The summed E-state index contributed by atoms with van der Waals surface area (Å²) in [5, 5.41) is 9.34. The monoisotopic (exact) mass is 362 g/mol. The Bertz CT molecular complexity index is 595. The molecule has 1 unspecified atom stereocenters. The van der Waals surface area contributed by atoms with Crippen molar-refractivity contribution < 1.29 is 14.3 Å². The number of amides is 1. The number of hydrogen-bond acceptors (Lipinski definition) is 4. The molecule has 0 radical (unpaired) electrons. The molecular weight excluding hydrogens is 332 g/mol. The Labute approximate surface area is 155 Å². The Balaban J connectivity index is 1.75. The fourth-order valence-corrected chi connectivity index (χ4v) is 2.75. The summed E-state index contributed by atoms with van der Waals surface area (Å²) >= 11 is 0. The zero-order valence-corrected chi connectivity index (χ0v) is 15.9. The lowest BCUT2D eigenvalue weighted by Crippen LogP contribution is -2.42. The maximum Gasteiger partial charge on any atom is 0.251 e. The van der Waals surface area contributed by atoms with Crippen LogP contribution in [-0.2, 0) is 4.74 Å². The van der Waals surface area contributed by atoms with Gasteiger partial charge in [-0.05, 0) is 51.0 Å². The zero-order chi connectivity index (χ0) is 18.8. The molecule has 1 aromatic carbocycles. The molecule has 1 atom stereocenters. The Hall–Kier alpha value is -2.28. The highest BCUT2D eigenvalue weighted by molar-refractivity contribution is 5.94. The molecule has 1 heterocycles. The largest absolute Gasteiger partial charge is 0.497 e. The van der Waals surface area contributed by atoms with Crippen molar-refractivity contribution in [2.24, 2.45) is 4.99 Å². The average molecular weight is 362 g/mol. The van der Waals surface area contributed by atoms with Gasteiger partial charge >= 0.3 is 0 Å². The van der Waals surface area contributed by atoms with E-state index in [1.54, 1.807) is 31.4 Å². The predicted molar refractivity (Wildman–Crippen MR) is 103 cm³/mol. The van der Waals surface area contributed by atoms with Crippen molar-refractivity contribution >= 4 is 11.9 Å². The van der Waals surface area contributed by atoms with Gasteiger partial charge in [-0.3, -0.25) is 9.79 Å². The Kier molecular flexibility index (Phi) is 7.72. The second kappa shape index (κ2) is 10.0. The van der Waals surface area contributed by atoms with E-state index in [9.17, 15) is 4.79 Å². The first-order valence-corrected chi connectivity index (χ1v) is 9.15. The minimum absolute atomic E-state index is 0.108. The smallest absolute Gasteiger partial charge is 0.251 e. The van der Waals surface area contributed by atoms with Crippen LogP contribution in [0.4, 0.5) is 0 Å². The van der Waals surface area contributed by atoms with Crippen LogP contribution in [0.2, 0.25) is 0 Å². The van der Waals surface area contributed by atoms with Gasteiger partial charge in [0.05, 0.1) is 19.3 Å².